The van der Waals surface area contributed by atoms with Gasteiger partial charge in [-0.3, -0.25) is 4.79 Å². The van der Waals surface area contributed by atoms with Crippen molar-refractivity contribution in [3.63, 3.8) is 0 Å². The maximum Gasteiger partial charge on any atom is 0.269 e. The molecule has 1 fully saturated rings. The largest absolute Gasteiger partial charge is 0.387 e. The van der Waals surface area contributed by atoms with E-state index in [-0.39, 0.29) is 17.3 Å². The zero-order chi connectivity index (χ0) is 18.9. The van der Waals surface area contributed by atoms with Gasteiger partial charge >= 0.3 is 0 Å². The molecule has 0 bridgehead atoms. The van der Waals surface area contributed by atoms with Crippen LogP contribution in [-0.4, -0.2) is 49.6 Å². The van der Waals surface area contributed by atoms with Crippen LogP contribution in [0.3, 0.4) is 0 Å². The molecule has 8 heteroatoms. The SMILES string of the molecule is Cc1ccc(S(=O)(=O)N2CC[C@@]3(CC(C(=O)NCC(C)C)=NO3)C2)cc1. The normalized spacial score (nSPS) is 23.3. The number of carbonyl (C=O) groups excluding carboxylic acids is 1. The van der Waals surface area contributed by atoms with E-state index < -0.39 is 15.6 Å². The van der Waals surface area contributed by atoms with Crippen molar-refractivity contribution < 1.29 is 18.0 Å². The van der Waals surface area contributed by atoms with E-state index in [1.54, 1.807) is 24.3 Å². The molecule has 2 aliphatic rings. The molecule has 2 heterocycles. The number of sulfonamides is 1. The highest BCUT2D eigenvalue weighted by molar-refractivity contribution is 7.89. The fourth-order valence-electron chi connectivity index (χ4n) is 3.13. The summed E-state index contributed by atoms with van der Waals surface area (Å²) in [6, 6.07) is 6.80. The summed E-state index contributed by atoms with van der Waals surface area (Å²) in [6.07, 6.45) is 0.847. The van der Waals surface area contributed by atoms with Gasteiger partial charge in [-0.2, -0.15) is 4.31 Å². The van der Waals surface area contributed by atoms with Crippen LogP contribution < -0.4 is 5.32 Å². The van der Waals surface area contributed by atoms with Crippen molar-refractivity contribution in [1.82, 2.24) is 9.62 Å². The van der Waals surface area contributed by atoms with Gasteiger partial charge in [-0.25, -0.2) is 8.42 Å². The van der Waals surface area contributed by atoms with Crippen molar-refractivity contribution in [2.24, 2.45) is 11.1 Å². The molecule has 1 saturated heterocycles. The minimum absolute atomic E-state index is 0.202. The first kappa shape index (κ1) is 18.8. The van der Waals surface area contributed by atoms with Gasteiger partial charge in [0.15, 0.2) is 5.60 Å². The van der Waals surface area contributed by atoms with Crippen LogP contribution in [0.5, 0.6) is 0 Å². The zero-order valence-electron chi connectivity index (χ0n) is 15.4. The molecule has 2 aliphatic heterocycles. The topological polar surface area (TPSA) is 88.1 Å². The minimum Gasteiger partial charge on any atom is -0.387 e. The number of nitrogens with one attached hydrogen (secondary N) is 1. The third-order valence-corrected chi connectivity index (χ3v) is 6.57. The number of carbonyl (C=O) groups is 1. The lowest BCUT2D eigenvalue weighted by Gasteiger charge is -2.21. The number of nitrogens with zero attached hydrogens (tertiary/aromatic N) is 2. The van der Waals surface area contributed by atoms with E-state index in [1.807, 2.05) is 20.8 Å². The second-order valence-electron chi connectivity index (χ2n) is 7.49. The van der Waals surface area contributed by atoms with Gasteiger partial charge in [0.25, 0.3) is 5.91 Å². The van der Waals surface area contributed by atoms with Gasteiger partial charge < -0.3 is 10.2 Å². The van der Waals surface area contributed by atoms with Gasteiger partial charge in [0.05, 0.1) is 11.4 Å². The van der Waals surface area contributed by atoms with Crippen molar-refractivity contribution in [1.29, 1.82) is 0 Å². The maximum atomic E-state index is 12.8. The van der Waals surface area contributed by atoms with E-state index in [0.717, 1.165) is 5.56 Å². The molecule has 3 rings (SSSR count). The van der Waals surface area contributed by atoms with Gasteiger partial charge in [-0.05, 0) is 25.0 Å². The van der Waals surface area contributed by atoms with E-state index in [9.17, 15) is 13.2 Å². The highest BCUT2D eigenvalue weighted by Gasteiger charge is 2.49. The van der Waals surface area contributed by atoms with E-state index in [0.29, 0.717) is 37.6 Å². The predicted octanol–water partition coefficient (Wildman–Crippen LogP) is 1.68. The molecule has 1 atom stereocenters. The summed E-state index contributed by atoms with van der Waals surface area (Å²) >= 11 is 0. The van der Waals surface area contributed by atoms with Crippen molar-refractivity contribution in [2.75, 3.05) is 19.6 Å². The van der Waals surface area contributed by atoms with Crippen LogP contribution in [0.2, 0.25) is 0 Å². The van der Waals surface area contributed by atoms with Crippen molar-refractivity contribution >= 4 is 21.6 Å². The predicted molar refractivity (Wildman–Crippen MR) is 98.3 cm³/mol. The molecule has 1 aromatic rings. The molecule has 142 valence electrons. The Labute approximate surface area is 154 Å². The number of oxime groups is 1. The molecule has 1 amide bonds. The summed E-state index contributed by atoms with van der Waals surface area (Å²) in [5.41, 5.74) is 0.606. The fraction of sp³-hybridized carbons (Fsp3) is 0.556. The van der Waals surface area contributed by atoms with Crippen LogP contribution >= 0.6 is 0 Å². The van der Waals surface area contributed by atoms with Crippen molar-refractivity contribution in [3.8, 4) is 0 Å². The summed E-state index contributed by atoms with van der Waals surface area (Å²) in [6.45, 7) is 7.06. The Kier molecular flexibility index (Phi) is 5.07. The van der Waals surface area contributed by atoms with Gasteiger partial charge in [0.2, 0.25) is 10.0 Å². The van der Waals surface area contributed by atoms with Crippen molar-refractivity contribution in [3.05, 3.63) is 29.8 Å². The van der Waals surface area contributed by atoms with Crippen LogP contribution in [0.4, 0.5) is 0 Å². The summed E-state index contributed by atoms with van der Waals surface area (Å²) in [5, 5.41) is 6.75. The standard InChI is InChI=1S/C18H25N3O4S/c1-13(2)11-19-17(22)16-10-18(25-20-16)8-9-21(12-18)26(23,24)15-6-4-14(3)5-7-15/h4-7,13H,8-12H2,1-3H3,(H,19,22)/t18-/m1/s1. The van der Waals surface area contributed by atoms with Gasteiger partial charge in [-0.1, -0.05) is 36.7 Å². The molecule has 7 nitrogen and oxygen atoms in total. The molecule has 1 spiro atoms. The number of rotatable bonds is 5. The number of hydrogen-bond donors (Lipinski definition) is 1. The average Bonchev–Trinajstić information content (AvgIpc) is 3.21. The van der Waals surface area contributed by atoms with Crippen LogP contribution in [0.15, 0.2) is 34.3 Å². The number of benzene rings is 1. The maximum absolute atomic E-state index is 12.8. The molecule has 0 saturated carbocycles. The summed E-state index contributed by atoms with van der Waals surface area (Å²) in [5.74, 6) is 0.105. The minimum atomic E-state index is -3.58. The zero-order valence-corrected chi connectivity index (χ0v) is 16.2. The molecule has 1 N–H and O–H groups in total. The molecule has 0 aliphatic carbocycles. The first-order chi connectivity index (χ1) is 12.2. The number of hydrogen-bond acceptors (Lipinski definition) is 5. The van der Waals surface area contributed by atoms with E-state index in [4.69, 9.17) is 4.84 Å². The molecule has 0 radical (unpaired) electrons. The average molecular weight is 379 g/mol. The van der Waals surface area contributed by atoms with E-state index in [1.165, 1.54) is 4.31 Å². The Morgan fingerprint density at radius 1 is 1.35 bits per heavy atom. The lowest BCUT2D eigenvalue weighted by Crippen LogP contribution is -2.39. The fourth-order valence-corrected chi connectivity index (χ4v) is 4.65. The van der Waals surface area contributed by atoms with Crippen molar-refractivity contribution in [2.45, 2.75) is 44.1 Å². The quantitative estimate of drug-likeness (QED) is 0.843. The van der Waals surface area contributed by atoms with Crippen LogP contribution in [0, 0.1) is 12.8 Å². The lowest BCUT2D eigenvalue weighted by atomic mass is 9.96. The van der Waals surface area contributed by atoms with Crippen LogP contribution in [-0.2, 0) is 19.7 Å². The number of aryl methyl sites for hydroxylation is 1. The summed E-state index contributed by atoms with van der Waals surface area (Å²) in [7, 11) is -3.58. The van der Waals surface area contributed by atoms with E-state index >= 15 is 0 Å². The van der Waals surface area contributed by atoms with Gasteiger partial charge in [0.1, 0.15) is 5.71 Å². The summed E-state index contributed by atoms with van der Waals surface area (Å²) < 4.78 is 27.1. The second-order valence-corrected chi connectivity index (χ2v) is 9.43. The summed E-state index contributed by atoms with van der Waals surface area (Å²) in [4.78, 5) is 18.0. The monoisotopic (exact) mass is 379 g/mol. The Hall–Kier alpha value is -1.93. The first-order valence-corrected chi connectivity index (χ1v) is 10.3. The first-order valence-electron chi connectivity index (χ1n) is 8.82. The third-order valence-electron chi connectivity index (χ3n) is 4.71. The number of amides is 1. The van der Waals surface area contributed by atoms with Crippen LogP contribution in [0.1, 0.15) is 32.3 Å². The molecular formula is C18H25N3O4S. The molecular weight excluding hydrogens is 354 g/mol. The van der Waals surface area contributed by atoms with Gasteiger partial charge in [0, 0.05) is 25.9 Å². The smallest absolute Gasteiger partial charge is 0.269 e. The van der Waals surface area contributed by atoms with E-state index in [2.05, 4.69) is 10.5 Å². The highest BCUT2D eigenvalue weighted by atomic mass is 32.2. The Balaban J connectivity index is 1.66. The molecule has 1 aromatic carbocycles. The van der Waals surface area contributed by atoms with Crippen LogP contribution in [0.25, 0.3) is 0 Å². The Bertz CT molecular complexity index is 817. The molecule has 0 unspecified atom stereocenters. The highest BCUT2D eigenvalue weighted by Crippen LogP contribution is 2.36. The second kappa shape index (κ2) is 7.00. The Morgan fingerprint density at radius 2 is 2.04 bits per heavy atom. The molecule has 26 heavy (non-hydrogen) atoms. The lowest BCUT2D eigenvalue weighted by molar-refractivity contribution is -0.115. The Morgan fingerprint density at radius 3 is 2.69 bits per heavy atom. The van der Waals surface area contributed by atoms with Gasteiger partial charge in [-0.15, -0.1) is 0 Å². The molecule has 0 aromatic heterocycles. The third kappa shape index (κ3) is 3.76.